The van der Waals surface area contributed by atoms with Crippen molar-refractivity contribution in [2.24, 2.45) is 0 Å². The molecule has 162 valence electrons. The molecule has 4 nitrogen and oxygen atoms in total. The highest BCUT2D eigenvalue weighted by Gasteiger charge is 2.26. The van der Waals surface area contributed by atoms with Crippen molar-refractivity contribution in [1.82, 2.24) is 10.2 Å². The molecule has 2 aromatic carbocycles. The lowest BCUT2D eigenvalue weighted by atomic mass is 10.1. The minimum absolute atomic E-state index is 0.00587. The van der Waals surface area contributed by atoms with Crippen LogP contribution in [0.4, 0.5) is 0 Å². The molecule has 0 heterocycles. The molecule has 30 heavy (non-hydrogen) atoms. The second-order valence-corrected chi connectivity index (χ2v) is 9.94. The number of benzene rings is 2. The van der Waals surface area contributed by atoms with Gasteiger partial charge in [-0.3, -0.25) is 9.59 Å². The Morgan fingerprint density at radius 1 is 1.03 bits per heavy atom. The Labute approximate surface area is 200 Å². The zero-order valence-electron chi connectivity index (χ0n) is 17.1. The maximum atomic E-state index is 13.0. The predicted octanol–water partition coefficient (Wildman–Crippen LogP) is 5.93. The minimum atomic E-state index is -0.609. The highest BCUT2D eigenvalue weighted by Crippen LogP contribution is 2.24. The quantitative estimate of drug-likeness (QED) is 0.436. The van der Waals surface area contributed by atoms with E-state index >= 15 is 0 Å². The molecule has 8 heteroatoms. The summed E-state index contributed by atoms with van der Waals surface area (Å²) in [4.78, 5) is 27.2. The van der Waals surface area contributed by atoms with E-state index in [1.165, 1.54) is 11.8 Å². The number of carbonyl (C=O) groups is 2. The molecular weight excluding hydrogens is 507 g/mol. The van der Waals surface area contributed by atoms with Crippen molar-refractivity contribution in [2.75, 3.05) is 5.75 Å². The first kappa shape index (κ1) is 25.1. The van der Waals surface area contributed by atoms with E-state index in [1.807, 2.05) is 44.2 Å². The van der Waals surface area contributed by atoms with Crippen molar-refractivity contribution in [1.29, 1.82) is 0 Å². The van der Waals surface area contributed by atoms with Gasteiger partial charge in [-0.2, -0.15) is 0 Å². The largest absolute Gasteiger partial charge is 0.352 e. The van der Waals surface area contributed by atoms with Gasteiger partial charge in [-0.15, -0.1) is 11.8 Å². The summed E-state index contributed by atoms with van der Waals surface area (Å²) in [6.45, 7) is 5.81. The third-order valence-electron chi connectivity index (χ3n) is 4.34. The molecule has 1 N–H and O–H groups in total. The Morgan fingerprint density at radius 3 is 2.27 bits per heavy atom. The van der Waals surface area contributed by atoms with E-state index < -0.39 is 6.04 Å². The zero-order chi connectivity index (χ0) is 22.3. The van der Waals surface area contributed by atoms with E-state index in [2.05, 4.69) is 21.2 Å². The number of nitrogens with zero attached hydrogens (tertiary/aromatic N) is 1. The molecule has 0 saturated heterocycles. The molecule has 0 aromatic heterocycles. The van der Waals surface area contributed by atoms with Gasteiger partial charge in [0.05, 0.1) is 15.8 Å². The Bertz CT molecular complexity index is 878. The van der Waals surface area contributed by atoms with Crippen LogP contribution in [0.2, 0.25) is 10.0 Å². The monoisotopic (exact) mass is 530 g/mol. The number of nitrogens with one attached hydrogen (secondary N) is 1. The Hall–Kier alpha value is -1.21. The first-order valence-corrected chi connectivity index (χ1v) is 12.2. The topological polar surface area (TPSA) is 49.4 Å². The van der Waals surface area contributed by atoms with Crippen molar-refractivity contribution >= 4 is 62.7 Å². The molecule has 0 aliphatic carbocycles. The Balaban J connectivity index is 2.09. The van der Waals surface area contributed by atoms with Crippen LogP contribution < -0.4 is 5.32 Å². The second-order valence-electron chi connectivity index (χ2n) is 7.23. The number of hydrogen-bond donors (Lipinski definition) is 1. The smallest absolute Gasteiger partial charge is 0.242 e. The fraction of sp³-hybridized carbons (Fsp3) is 0.364. The van der Waals surface area contributed by atoms with Gasteiger partial charge in [-0.1, -0.05) is 57.3 Å². The fourth-order valence-corrected chi connectivity index (χ4v) is 4.20. The van der Waals surface area contributed by atoms with Gasteiger partial charge in [0.1, 0.15) is 6.04 Å². The lowest BCUT2D eigenvalue weighted by Crippen LogP contribution is -2.49. The van der Waals surface area contributed by atoms with Crippen LogP contribution in [0.1, 0.15) is 31.9 Å². The van der Waals surface area contributed by atoms with Crippen molar-refractivity contribution < 1.29 is 9.59 Å². The Kier molecular flexibility index (Phi) is 10.0. The zero-order valence-corrected chi connectivity index (χ0v) is 21.0. The maximum absolute atomic E-state index is 13.0. The normalized spacial score (nSPS) is 12.0. The summed E-state index contributed by atoms with van der Waals surface area (Å²) in [5, 5.41) is 3.75. The van der Waals surface area contributed by atoms with Gasteiger partial charge in [0, 0.05) is 22.8 Å². The van der Waals surface area contributed by atoms with Crippen molar-refractivity contribution in [3.05, 3.63) is 68.1 Å². The molecule has 0 aliphatic rings. The van der Waals surface area contributed by atoms with Crippen LogP contribution in [-0.4, -0.2) is 34.6 Å². The molecule has 0 fully saturated rings. The number of halogens is 3. The standard InChI is InChI=1S/C22H25BrCl2N2O2S/c1-14(2)26-22(29)15(3)27(11-17-6-9-19(24)20(25)10-17)21(28)13-30-12-16-4-7-18(23)8-5-16/h4-10,14-15H,11-13H2,1-3H3,(H,26,29)/t15-/m1/s1. The van der Waals surface area contributed by atoms with E-state index in [0.29, 0.717) is 15.8 Å². The van der Waals surface area contributed by atoms with Crippen LogP contribution in [0.25, 0.3) is 0 Å². The summed E-state index contributed by atoms with van der Waals surface area (Å²) in [6, 6.07) is 12.6. The SMILES string of the molecule is CC(C)NC(=O)[C@@H](C)N(Cc1ccc(Cl)c(Cl)c1)C(=O)CSCc1ccc(Br)cc1. The fourth-order valence-electron chi connectivity index (χ4n) is 2.74. The molecule has 1 atom stereocenters. The number of rotatable bonds is 9. The van der Waals surface area contributed by atoms with E-state index in [-0.39, 0.29) is 30.2 Å². The number of amides is 2. The summed E-state index contributed by atoms with van der Waals surface area (Å²) in [6.07, 6.45) is 0. The molecular formula is C22H25BrCl2N2O2S. The van der Waals surface area contributed by atoms with Crippen LogP contribution in [0.3, 0.4) is 0 Å². The van der Waals surface area contributed by atoms with Gasteiger partial charge in [0.15, 0.2) is 0 Å². The van der Waals surface area contributed by atoms with Crippen LogP contribution in [0.15, 0.2) is 46.9 Å². The highest BCUT2D eigenvalue weighted by atomic mass is 79.9. The second kappa shape index (κ2) is 12.0. The average Bonchev–Trinajstić information content (AvgIpc) is 2.69. The predicted molar refractivity (Wildman–Crippen MR) is 130 cm³/mol. The summed E-state index contributed by atoms with van der Waals surface area (Å²) in [5.74, 6) is 0.703. The maximum Gasteiger partial charge on any atom is 0.242 e. The third-order valence-corrected chi connectivity index (χ3v) is 6.60. The Morgan fingerprint density at radius 2 is 1.67 bits per heavy atom. The first-order valence-electron chi connectivity index (χ1n) is 9.53. The lowest BCUT2D eigenvalue weighted by Gasteiger charge is -2.29. The molecule has 2 rings (SSSR count). The van der Waals surface area contributed by atoms with Gasteiger partial charge in [0.2, 0.25) is 11.8 Å². The molecule has 0 bridgehead atoms. The first-order chi connectivity index (χ1) is 14.2. The molecule has 2 aromatic rings. The van der Waals surface area contributed by atoms with Crippen molar-refractivity contribution in [3.8, 4) is 0 Å². The van der Waals surface area contributed by atoms with Crippen molar-refractivity contribution in [3.63, 3.8) is 0 Å². The third kappa shape index (κ3) is 7.80. The number of carbonyl (C=O) groups excluding carboxylic acids is 2. The molecule has 0 radical (unpaired) electrons. The van der Waals surface area contributed by atoms with Gasteiger partial charge >= 0.3 is 0 Å². The minimum Gasteiger partial charge on any atom is -0.352 e. The van der Waals surface area contributed by atoms with Gasteiger partial charge in [-0.25, -0.2) is 0 Å². The summed E-state index contributed by atoms with van der Waals surface area (Å²) < 4.78 is 1.02. The van der Waals surface area contributed by atoms with E-state index in [0.717, 1.165) is 15.6 Å². The summed E-state index contributed by atoms with van der Waals surface area (Å²) in [5.41, 5.74) is 1.96. The van der Waals surface area contributed by atoms with Crippen LogP contribution in [-0.2, 0) is 21.9 Å². The summed E-state index contributed by atoms with van der Waals surface area (Å²) in [7, 11) is 0. The van der Waals surface area contributed by atoms with Crippen LogP contribution >= 0.6 is 50.9 Å². The number of thioether (sulfide) groups is 1. The summed E-state index contributed by atoms with van der Waals surface area (Å²) >= 11 is 17.1. The van der Waals surface area contributed by atoms with Crippen LogP contribution in [0.5, 0.6) is 0 Å². The molecule has 0 saturated carbocycles. The number of hydrogen-bond acceptors (Lipinski definition) is 3. The molecule has 0 spiro atoms. The van der Waals surface area contributed by atoms with Gasteiger partial charge in [-0.05, 0) is 56.2 Å². The highest BCUT2D eigenvalue weighted by molar-refractivity contribution is 9.10. The average molecular weight is 532 g/mol. The lowest BCUT2D eigenvalue weighted by molar-refractivity contribution is -0.138. The molecule has 0 unspecified atom stereocenters. The van der Waals surface area contributed by atoms with Crippen LogP contribution in [0, 0.1) is 0 Å². The molecule has 2 amide bonds. The van der Waals surface area contributed by atoms with Gasteiger partial charge < -0.3 is 10.2 Å². The van der Waals surface area contributed by atoms with Crippen molar-refractivity contribution in [2.45, 2.75) is 45.2 Å². The van der Waals surface area contributed by atoms with Gasteiger partial charge in [0.25, 0.3) is 0 Å². The van der Waals surface area contributed by atoms with E-state index in [4.69, 9.17) is 23.2 Å². The van der Waals surface area contributed by atoms with E-state index in [1.54, 1.807) is 24.0 Å². The molecule has 0 aliphatic heterocycles. The van der Waals surface area contributed by atoms with E-state index in [9.17, 15) is 9.59 Å².